The first-order valence-electron chi connectivity index (χ1n) is 6.56. The Morgan fingerprint density at radius 1 is 1.06 bits per heavy atom. The SMILES string of the molecule is CC.CC.CC1=CC2C(=O)NC(=O)NC2C(C)=C1. The maximum atomic E-state index is 11.5. The largest absolute Gasteiger partial charge is 0.330 e. The normalized spacial score (nSPS) is 24.8. The summed E-state index contributed by atoms with van der Waals surface area (Å²) in [6.07, 6.45) is 3.87. The number of rotatable bonds is 0. The molecule has 4 heteroatoms. The van der Waals surface area contributed by atoms with Gasteiger partial charge in [-0.25, -0.2) is 4.79 Å². The van der Waals surface area contributed by atoms with Gasteiger partial charge in [0, 0.05) is 0 Å². The molecule has 2 rings (SSSR count). The van der Waals surface area contributed by atoms with Crippen molar-refractivity contribution < 1.29 is 9.59 Å². The van der Waals surface area contributed by atoms with E-state index in [1.807, 2.05) is 53.7 Å². The highest BCUT2D eigenvalue weighted by Crippen LogP contribution is 2.24. The second kappa shape index (κ2) is 7.69. The van der Waals surface area contributed by atoms with Gasteiger partial charge in [0.2, 0.25) is 5.91 Å². The number of carbonyl (C=O) groups excluding carboxylic acids is 2. The fraction of sp³-hybridized carbons (Fsp3) is 0.571. The van der Waals surface area contributed by atoms with E-state index in [4.69, 9.17) is 0 Å². The average molecular weight is 252 g/mol. The van der Waals surface area contributed by atoms with Crippen LogP contribution in [-0.4, -0.2) is 18.0 Å². The number of hydrogen-bond acceptors (Lipinski definition) is 2. The highest BCUT2D eigenvalue weighted by Gasteiger charge is 2.36. The predicted molar refractivity (Wildman–Crippen MR) is 74.2 cm³/mol. The second-order valence-electron chi connectivity index (χ2n) is 3.77. The highest BCUT2D eigenvalue weighted by molar-refractivity contribution is 6.00. The molecule has 102 valence electrons. The molecule has 0 saturated carbocycles. The Kier molecular flexibility index (Phi) is 7.01. The van der Waals surface area contributed by atoms with Gasteiger partial charge in [0.05, 0.1) is 12.0 Å². The molecule has 18 heavy (non-hydrogen) atoms. The van der Waals surface area contributed by atoms with Crippen molar-refractivity contribution in [2.75, 3.05) is 0 Å². The molecule has 1 aliphatic carbocycles. The molecule has 4 nitrogen and oxygen atoms in total. The lowest BCUT2D eigenvalue weighted by Crippen LogP contribution is -2.58. The van der Waals surface area contributed by atoms with Crippen molar-refractivity contribution in [2.45, 2.75) is 47.6 Å². The molecule has 0 aromatic carbocycles. The summed E-state index contributed by atoms with van der Waals surface area (Å²) in [5.74, 6) is -0.469. The van der Waals surface area contributed by atoms with E-state index in [9.17, 15) is 9.59 Å². The molecule has 1 fully saturated rings. The molecule has 0 bridgehead atoms. The van der Waals surface area contributed by atoms with Crippen LogP contribution in [-0.2, 0) is 4.79 Å². The van der Waals surface area contributed by atoms with Crippen molar-refractivity contribution in [1.29, 1.82) is 0 Å². The van der Waals surface area contributed by atoms with Crippen LogP contribution in [0.25, 0.3) is 0 Å². The number of hydrogen-bond donors (Lipinski definition) is 2. The summed E-state index contributed by atoms with van der Waals surface area (Å²) in [7, 11) is 0. The molecule has 1 heterocycles. The number of nitrogens with one attached hydrogen (secondary N) is 2. The molecule has 2 atom stereocenters. The Morgan fingerprint density at radius 3 is 2.17 bits per heavy atom. The third-order valence-electron chi connectivity index (χ3n) is 2.57. The van der Waals surface area contributed by atoms with Crippen LogP contribution >= 0.6 is 0 Å². The topological polar surface area (TPSA) is 58.2 Å². The first-order chi connectivity index (χ1) is 8.58. The van der Waals surface area contributed by atoms with E-state index in [2.05, 4.69) is 10.6 Å². The van der Waals surface area contributed by atoms with E-state index in [0.29, 0.717) is 0 Å². The zero-order valence-corrected chi connectivity index (χ0v) is 12.1. The Morgan fingerprint density at radius 2 is 1.61 bits per heavy atom. The van der Waals surface area contributed by atoms with Crippen molar-refractivity contribution >= 4 is 11.9 Å². The van der Waals surface area contributed by atoms with E-state index >= 15 is 0 Å². The van der Waals surface area contributed by atoms with Gasteiger partial charge in [-0.1, -0.05) is 45.4 Å². The van der Waals surface area contributed by atoms with Crippen LogP contribution in [0.4, 0.5) is 4.79 Å². The van der Waals surface area contributed by atoms with Gasteiger partial charge < -0.3 is 5.32 Å². The molecule has 0 aromatic rings. The minimum Gasteiger partial charge on any atom is -0.330 e. The summed E-state index contributed by atoms with van der Waals surface area (Å²) >= 11 is 0. The summed E-state index contributed by atoms with van der Waals surface area (Å²) in [6, 6.07) is -0.572. The number of fused-ring (bicyclic) bond motifs is 1. The second-order valence-corrected chi connectivity index (χ2v) is 3.77. The first-order valence-corrected chi connectivity index (χ1v) is 6.56. The number of imide groups is 1. The van der Waals surface area contributed by atoms with Gasteiger partial charge >= 0.3 is 6.03 Å². The maximum Gasteiger partial charge on any atom is 0.321 e. The van der Waals surface area contributed by atoms with Crippen molar-refractivity contribution in [3.63, 3.8) is 0 Å². The minimum absolute atomic E-state index is 0.167. The Balaban J connectivity index is 0.000000659. The zero-order chi connectivity index (χ0) is 14.3. The maximum absolute atomic E-state index is 11.5. The van der Waals surface area contributed by atoms with Crippen molar-refractivity contribution in [2.24, 2.45) is 5.92 Å². The quantitative estimate of drug-likeness (QED) is 0.696. The van der Waals surface area contributed by atoms with E-state index < -0.39 is 6.03 Å². The molecule has 2 N–H and O–H groups in total. The standard InChI is InChI=1S/C10H12N2O2.2C2H6/c1-5-3-6(2)8-7(4-5)9(13)12-10(14)11-8;2*1-2/h3-4,7-8H,1-2H3,(H2,11,12,13,14);2*1-2H3. The average Bonchev–Trinajstić information content (AvgIpc) is 2.36. The fourth-order valence-corrected chi connectivity index (χ4v) is 1.96. The molecule has 0 spiro atoms. The molecule has 2 unspecified atom stereocenters. The number of urea groups is 1. The molecule has 0 radical (unpaired) electrons. The molecule has 3 amide bonds. The third-order valence-corrected chi connectivity index (χ3v) is 2.57. The lowest BCUT2D eigenvalue weighted by Gasteiger charge is -2.33. The van der Waals surface area contributed by atoms with Gasteiger partial charge in [0.1, 0.15) is 0 Å². The van der Waals surface area contributed by atoms with Crippen LogP contribution in [0.5, 0.6) is 0 Å². The van der Waals surface area contributed by atoms with Crippen LogP contribution in [0.15, 0.2) is 23.3 Å². The van der Waals surface area contributed by atoms with E-state index in [-0.39, 0.29) is 17.9 Å². The summed E-state index contributed by atoms with van der Waals surface area (Å²) in [6.45, 7) is 11.9. The monoisotopic (exact) mass is 252 g/mol. The Bertz CT molecular complexity index is 370. The van der Waals surface area contributed by atoms with Gasteiger partial charge in [-0.3, -0.25) is 10.1 Å². The molecule has 2 aliphatic rings. The molecule has 0 aromatic heterocycles. The number of carbonyl (C=O) groups is 2. The van der Waals surface area contributed by atoms with E-state index in [1.54, 1.807) is 0 Å². The zero-order valence-electron chi connectivity index (χ0n) is 12.1. The summed E-state index contributed by atoms with van der Waals surface area (Å²) in [4.78, 5) is 22.6. The lowest BCUT2D eigenvalue weighted by atomic mass is 9.85. The molecular formula is C14H24N2O2. The van der Waals surface area contributed by atoms with Gasteiger partial charge in [0.25, 0.3) is 0 Å². The first kappa shape index (κ1) is 16.4. The van der Waals surface area contributed by atoms with Crippen molar-refractivity contribution in [1.82, 2.24) is 10.6 Å². The predicted octanol–water partition coefficient (Wildman–Crippen LogP) is 2.77. The summed E-state index contributed by atoms with van der Waals surface area (Å²) in [5, 5.41) is 4.99. The van der Waals surface area contributed by atoms with Gasteiger partial charge in [-0.05, 0) is 19.4 Å². The third kappa shape index (κ3) is 3.72. The van der Waals surface area contributed by atoms with Crippen LogP contribution in [0.2, 0.25) is 0 Å². The van der Waals surface area contributed by atoms with Gasteiger partial charge in [0.15, 0.2) is 0 Å². The number of amides is 3. The Hall–Kier alpha value is -1.58. The minimum atomic E-state index is -0.406. The van der Waals surface area contributed by atoms with Crippen LogP contribution < -0.4 is 10.6 Å². The van der Waals surface area contributed by atoms with Gasteiger partial charge in [-0.15, -0.1) is 0 Å². The molecular weight excluding hydrogens is 228 g/mol. The van der Waals surface area contributed by atoms with Crippen LogP contribution in [0.1, 0.15) is 41.5 Å². The smallest absolute Gasteiger partial charge is 0.321 e. The number of allylic oxidation sites excluding steroid dienone is 2. The fourth-order valence-electron chi connectivity index (χ4n) is 1.96. The van der Waals surface area contributed by atoms with E-state index in [1.165, 1.54) is 0 Å². The van der Waals surface area contributed by atoms with E-state index in [0.717, 1.165) is 11.1 Å². The van der Waals surface area contributed by atoms with Crippen molar-refractivity contribution in [3.05, 3.63) is 23.3 Å². The van der Waals surface area contributed by atoms with Crippen LogP contribution in [0, 0.1) is 5.92 Å². The lowest BCUT2D eigenvalue weighted by molar-refractivity contribution is -0.123. The summed E-state index contributed by atoms with van der Waals surface area (Å²) in [5.41, 5.74) is 2.09. The van der Waals surface area contributed by atoms with Gasteiger partial charge in [-0.2, -0.15) is 0 Å². The Labute approximate surface area is 110 Å². The summed E-state index contributed by atoms with van der Waals surface area (Å²) < 4.78 is 0. The van der Waals surface area contributed by atoms with Crippen LogP contribution in [0.3, 0.4) is 0 Å². The highest BCUT2D eigenvalue weighted by atomic mass is 16.2. The van der Waals surface area contributed by atoms with Crippen molar-refractivity contribution in [3.8, 4) is 0 Å². The molecule has 1 saturated heterocycles. The molecule has 1 aliphatic heterocycles.